The number of aryl methyl sites for hydroxylation is 1. The van der Waals surface area contributed by atoms with Crippen molar-refractivity contribution in [1.82, 2.24) is 5.32 Å². The summed E-state index contributed by atoms with van der Waals surface area (Å²) in [5.41, 5.74) is 0.0266. The Hall–Kier alpha value is -0.850. The fourth-order valence-corrected chi connectivity index (χ4v) is 3.36. The summed E-state index contributed by atoms with van der Waals surface area (Å²) in [4.78, 5) is 2.35. The average molecular weight is 364 g/mol. The van der Waals surface area contributed by atoms with Gasteiger partial charge in [0.1, 0.15) is 0 Å². The lowest BCUT2D eigenvalue weighted by atomic mass is 10.1. The predicted molar refractivity (Wildman–Crippen MR) is 78.7 cm³/mol. The molecule has 0 unspecified atom stereocenters. The monoisotopic (exact) mass is 363 g/mol. The van der Waals surface area contributed by atoms with Crippen molar-refractivity contribution in [2.24, 2.45) is 0 Å². The van der Waals surface area contributed by atoms with E-state index in [-0.39, 0.29) is 0 Å². The van der Waals surface area contributed by atoms with E-state index in [9.17, 15) is 13.2 Å². The topological polar surface area (TPSA) is 12.0 Å². The van der Waals surface area contributed by atoms with Crippen molar-refractivity contribution < 1.29 is 13.2 Å². The molecule has 2 aromatic rings. The Balaban J connectivity index is 1.94. The molecule has 1 aromatic heterocycles. The smallest absolute Gasteiger partial charge is 0.308 e. The van der Waals surface area contributed by atoms with E-state index in [1.54, 1.807) is 17.4 Å². The third-order valence-corrected chi connectivity index (χ3v) is 4.93. The van der Waals surface area contributed by atoms with Crippen LogP contribution in [0.25, 0.3) is 0 Å². The number of hydrogen-bond donors (Lipinski definition) is 1. The van der Waals surface area contributed by atoms with Crippen molar-refractivity contribution >= 4 is 27.3 Å². The molecule has 0 atom stereocenters. The number of hydrogen-bond acceptors (Lipinski definition) is 2. The second-order valence-corrected chi connectivity index (χ2v) is 6.61. The molecule has 0 spiro atoms. The Morgan fingerprint density at radius 1 is 1.20 bits per heavy atom. The second kappa shape index (κ2) is 6.28. The molecule has 0 saturated heterocycles. The highest BCUT2D eigenvalue weighted by molar-refractivity contribution is 9.10. The summed E-state index contributed by atoms with van der Waals surface area (Å²) >= 11 is 5.11. The molecule has 20 heavy (non-hydrogen) atoms. The summed E-state index contributed by atoms with van der Waals surface area (Å²) in [5, 5.41) is 3.16. The maximum absolute atomic E-state index is 12.6. The van der Waals surface area contributed by atoms with E-state index in [1.165, 1.54) is 17.0 Å². The van der Waals surface area contributed by atoms with Gasteiger partial charge in [-0.3, -0.25) is 0 Å². The lowest BCUT2D eigenvalue weighted by molar-refractivity contribution is -0.137. The van der Waals surface area contributed by atoms with Crippen LogP contribution in [0.15, 0.2) is 34.8 Å². The highest BCUT2D eigenvalue weighted by atomic mass is 79.9. The molecule has 0 aliphatic rings. The minimum Gasteiger partial charge on any atom is -0.308 e. The molecule has 6 heteroatoms. The summed E-state index contributed by atoms with van der Waals surface area (Å²) in [5.74, 6) is 0. The third kappa shape index (κ3) is 4.07. The first kappa shape index (κ1) is 15.5. The molecule has 0 radical (unpaired) electrons. The summed E-state index contributed by atoms with van der Waals surface area (Å²) in [6.07, 6.45) is -4.29. The van der Waals surface area contributed by atoms with E-state index in [0.717, 1.165) is 15.4 Å². The Kier molecular flexibility index (Phi) is 4.88. The van der Waals surface area contributed by atoms with Crippen molar-refractivity contribution in [2.75, 3.05) is 0 Å². The zero-order valence-corrected chi connectivity index (χ0v) is 13.1. The number of thiophene rings is 1. The van der Waals surface area contributed by atoms with Gasteiger partial charge in [0.15, 0.2) is 0 Å². The lowest BCUT2D eigenvalue weighted by Gasteiger charge is -2.09. The molecule has 0 bridgehead atoms. The van der Waals surface area contributed by atoms with Gasteiger partial charge in [-0.1, -0.05) is 18.2 Å². The van der Waals surface area contributed by atoms with Gasteiger partial charge < -0.3 is 5.32 Å². The molecule has 1 heterocycles. The molecule has 0 amide bonds. The normalized spacial score (nSPS) is 11.8. The van der Waals surface area contributed by atoms with Gasteiger partial charge in [0.2, 0.25) is 0 Å². The Morgan fingerprint density at radius 3 is 2.55 bits per heavy atom. The number of halogens is 4. The minimum absolute atomic E-state index is 0.415. The molecule has 1 nitrogen and oxygen atoms in total. The number of rotatable bonds is 4. The van der Waals surface area contributed by atoms with Gasteiger partial charge in [-0.25, -0.2) is 0 Å². The summed E-state index contributed by atoms with van der Waals surface area (Å²) in [6.45, 7) is 3.08. The third-order valence-electron chi connectivity index (χ3n) is 2.79. The first-order chi connectivity index (χ1) is 9.36. The lowest BCUT2D eigenvalue weighted by Crippen LogP contribution is -2.13. The van der Waals surface area contributed by atoms with Crippen LogP contribution in [0.4, 0.5) is 13.2 Å². The van der Waals surface area contributed by atoms with Crippen LogP contribution in [0, 0.1) is 6.92 Å². The molecule has 1 aromatic carbocycles. The van der Waals surface area contributed by atoms with Crippen LogP contribution in [0.1, 0.15) is 20.9 Å². The van der Waals surface area contributed by atoms with E-state index in [0.29, 0.717) is 18.7 Å². The van der Waals surface area contributed by atoms with Crippen LogP contribution in [0.3, 0.4) is 0 Å². The first-order valence-corrected chi connectivity index (χ1v) is 7.59. The number of alkyl halides is 3. The van der Waals surface area contributed by atoms with Crippen LogP contribution >= 0.6 is 27.3 Å². The number of benzene rings is 1. The van der Waals surface area contributed by atoms with E-state index >= 15 is 0 Å². The molecular formula is C14H13BrF3NS. The SMILES string of the molecule is Cc1sc(CNCc2cccc(C(F)(F)F)c2)cc1Br. The molecule has 0 aliphatic carbocycles. The van der Waals surface area contributed by atoms with Gasteiger partial charge in [-0.15, -0.1) is 11.3 Å². The van der Waals surface area contributed by atoms with Gasteiger partial charge in [-0.05, 0) is 40.5 Å². The molecule has 108 valence electrons. The fourth-order valence-electron chi connectivity index (χ4n) is 1.79. The van der Waals surface area contributed by atoms with Gasteiger partial charge in [0, 0.05) is 27.3 Å². The van der Waals surface area contributed by atoms with Crippen molar-refractivity contribution in [1.29, 1.82) is 0 Å². The first-order valence-electron chi connectivity index (χ1n) is 5.98. The summed E-state index contributed by atoms with van der Waals surface area (Å²) in [6, 6.07) is 7.43. The molecule has 0 saturated carbocycles. The van der Waals surface area contributed by atoms with Crippen molar-refractivity contribution in [2.45, 2.75) is 26.2 Å². The maximum atomic E-state index is 12.6. The molecule has 0 fully saturated rings. The number of nitrogens with one attached hydrogen (secondary N) is 1. The van der Waals surface area contributed by atoms with E-state index < -0.39 is 11.7 Å². The molecular weight excluding hydrogens is 351 g/mol. The Bertz CT molecular complexity index is 573. The average Bonchev–Trinajstić information content (AvgIpc) is 2.68. The quantitative estimate of drug-likeness (QED) is 0.793. The maximum Gasteiger partial charge on any atom is 0.416 e. The Labute approximate surface area is 128 Å². The van der Waals surface area contributed by atoms with E-state index in [2.05, 4.69) is 21.2 Å². The minimum atomic E-state index is -4.29. The fraction of sp³-hybridized carbons (Fsp3) is 0.286. The van der Waals surface area contributed by atoms with Crippen LogP contribution in [0.5, 0.6) is 0 Å². The van der Waals surface area contributed by atoms with Crippen molar-refractivity contribution in [3.63, 3.8) is 0 Å². The standard InChI is InChI=1S/C14H13BrF3NS/c1-9-13(15)6-12(20-9)8-19-7-10-3-2-4-11(5-10)14(16,17)18/h2-6,19H,7-8H2,1H3. The van der Waals surface area contributed by atoms with Crippen LogP contribution < -0.4 is 5.32 Å². The second-order valence-electron chi connectivity index (χ2n) is 4.42. The van der Waals surface area contributed by atoms with E-state index in [1.807, 2.05) is 13.0 Å². The largest absolute Gasteiger partial charge is 0.416 e. The zero-order valence-electron chi connectivity index (χ0n) is 10.7. The predicted octanol–water partition coefficient (Wildman–Crippen LogP) is 5.13. The van der Waals surface area contributed by atoms with Crippen LogP contribution in [-0.2, 0) is 19.3 Å². The summed E-state index contributed by atoms with van der Waals surface area (Å²) in [7, 11) is 0. The van der Waals surface area contributed by atoms with Crippen LogP contribution in [-0.4, -0.2) is 0 Å². The molecule has 2 rings (SSSR count). The van der Waals surface area contributed by atoms with Crippen molar-refractivity contribution in [3.8, 4) is 0 Å². The highest BCUT2D eigenvalue weighted by Crippen LogP contribution is 2.29. The van der Waals surface area contributed by atoms with Crippen molar-refractivity contribution in [3.05, 3.63) is 55.7 Å². The summed E-state index contributed by atoms with van der Waals surface area (Å²) < 4.78 is 38.8. The zero-order chi connectivity index (χ0) is 14.8. The van der Waals surface area contributed by atoms with Crippen LogP contribution in [0.2, 0.25) is 0 Å². The highest BCUT2D eigenvalue weighted by Gasteiger charge is 2.30. The molecule has 0 aliphatic heterocycles. The van der Waals surface area contributed by atoms with Gasteiger partial charge in [0.25, 0.3) is 0 Å². The van der Waals surface area contributed by atoms with Gasteiger partial charge in [0.05, 0.1) is 5.56 Å². The Morgan fingerprint density at radius 2 is 1.95 bits per heavy atom. The molecule has 1 N–H and O–H groups in total. The van der Waals surface area contributed by atoms with E-state index in [4.69, 9.17) is 0 Å². The van der Waals surface area contributed by atoms with Gasteiger partial charge >= 0.3 is 6.18 Å². The van der Waals surface area contributed by atoms with Gasteiger partial charge in [-0.2, -0.15) is 13.2 Å².